The van der Waals surface area contributed by atoms with E-state index in [9.17, 15) is 9.18 Å². The first-order valence-corrected chi connectivity index (χ1v) is 10.2. The Kier molecular flexibility index (Phi) is 5.62. The van der Waals surface area contributed by atoms with E-state index in [0.717, 1.165) is 27.3 Å². The van der Waals surface area contributed by atoms with Gasteiger partial charge in [-0.2, -0.15) is 0 Å². The van der Waals surface area contributed by atoms with Gasteiger partial charge in [0, 0.05) is 11.9 Å². The maximum absolute atomic E-state index is 13.1. The van der Waals surface area contributed by atoms with Crippen LogP contribution >= 0.6 is 11.8 Å². The van der Waals surface area contributed by atoms with Gasteiger partial charge in [0.2, 0.25) is 5.91 Å². The zero-order valence-electron chi connectivity index (χ0n) is 15.9. The molecule has 0 spiro atoms. The fourth-order valence-corrected chi connectivity index (χ4v) is 3.96. The molecule has 0 radical (unpaired) electrons. The number of aromatic nitrogens is 2. The van der Waals surface area contributed by atoms with Crippen LogP contribution < -0.4 is 5.32 Å². The summed E-state index contributed by atoms with van der Waals surface area (Å²) in [5, 5.41) is 3.12. The van der Waals surface area contributed by atoms with Crippen LogP contribution in [0.3, 0.4) is 0 Å². The topological polar surface area (TPSA) is 46.9 Å². The van der Waals surface area contributed by atoms with Gasteiger partial charge in [-0.1, -0.05) is 42.5 Å². The molecule has 0 fully saturated rings. The Morgan fingerprint density at radius 2 is 1.72 bits per heavy atom. The van der Waals surface area contributed by atoms with Gasteiger partial charge in [-0.3, -0.25) is 4.79 Å². The number of imidazole rings is 1. The van der Waals surface area contributed by atoms with Crippen LogP contribution in [-0.2, 0) is 11.8 Å². The lowest BCUT2D eigenvalue weighted by atomic mass is 10.1. The number of carbonyl (C=O) groups excluding carboxylic acids is 1. The zero-order chi connectivity index (χ0) is 20.2. The number of rotatable bonds is 6. The summed E-state index contributed by atoms with van der Waals surface area (Å²) in [4.78, 5) is 18.3. The van der Waals surface area contributed by atoms with Crippen molar-refractivity contribution in [3.05, 3.63) is 96.1 Å². The van der Waals surface area contributed by atoms with Gasteiger partial charge in [-0.05, 0) is 42.0 Å². The molecule has 4 aromatic rings. The summed E-state index contributed by atoms with van der Waals surface area (Å²) >= 11 is 1.37. The van der Waals surface area contributed by atoms with Crippen molar-refractivity contribution >= 4 is 28.7 Å². The lowest BCUT2D eigenvalue weighted by Gasteiger charge is -2.19. The maximum atomic E-state index is 13.1. The second-order valence-corrected chi connectivity index (χ2v) is 7.72. The minimum absolute atomic E-state index is 0.111. The molecule has 1 unspecified atom stereocenters. The smallest absolute Gasteiger partial charge is 0.231 e. The first kappa shape index (κ1) is 19.2. The molecule has 1 atom stereocenters. The molecule has 0 saturated heterocycles. The fourth-order valence-electron chi connectivity index (χ4n) is 3.25. The Bertz CT molecular complexity index is 1130. The Balaban J connectivity index is 1.58. The van der Waals surface area contributed by atoms with Crippen LogP contribution in [0.4, 0.5) is 4.39 Å². The summed E-state index contributed by atoms with van der Waals surface area (Å²) in [6.45, 7) is 0. The van der Waals surface area contributed by atoms with E-state index >= 15 is 0 Å². The van der Waals surface area contributed by atoms with Gasteiger partial charge in [-0.15, -0.1) is 11.8 Å². The molecule has 3 aromatic carbocycles. The zero-order valence-corrected chi connectivity index (χ0v) is 16.7. The second-order valence-electron chi connectivity index (χ2n) is 6.67. The normalized spacial score (nSPS) is 12.1. The SMILES string of the molecule is Cn1c(C(NC(=O)CSc2ccc(F)cc2)c2ccccc2)nc2ccccc21. The van der Waals surface area contributed by atoms with Crippen LogP contribution in [0.1, 0.15) is 17.4 Å². The van der Waals surface area contributed by atoms with E-state index in [2.05, 4.69) is 5.32 Å². The predicted molar refractivity (Wildman–Crippen MR) is 114 cm³/mol. The molecule has 0 aliphatic rings. The van der Waals surface area contributed by atoms with Crippen molar-refractivity contribution in [1.82, 2.24) is 14.9 Å². The van der Waals surface area contributed by atoms with Gasteiger partial charge in [0.05, 0.1) is 16.8 Å². The van der Waals surface area contributed by atoms with Crippen molar-refractivity contribution in [1.29, 1.82) is 0 Å². The van der Waals surface area contributed by atoms with Crippen molar-refractivity contribution in [2.45, 2.75) is 10.9 Å². The summed E-state index contributed by atoms with van der Waals surface area (Å²) in [6, 6.07) is 23.5. The van der Waals surface area contributed by atoms with Crippen LogP contribution in [0.2, 0.25) is 0 Å². The highest BCUT2D eigenvalue weighted by atomic mass is 32.2. The quantitative estimate of drug-likeness (QED) is 0.473. The van der Waals surface area contributed by atoms with Gasteiger partial charge >= 0.3 is 0 Å². The summed E-state index contributed by atoms with van der Waals surface area (Å²) < 4.78 is 15.1. The molecular formula is C23H20FN3OS. The molecule has 1 N–H and O–H groups in total. The molecule has 0 aliphatic heterocycles. The third kappa shape index (κ3) is 4.32. The van der Waals surface area contributed by atoms with Crippen molar-refractivity contribution in [2.75, 3.05) is 5.75 Å². The van der Waals surface area contributed by atoms with Gasteiger partial charge in [0.15, 0.2) is 0 Å². The number of aryl methyl sites for hydroxylation is 1. The minimum Gasteiger partial charge on any atom is -0.341 e. The van der Waals surface area contributed by atoms with E-state index in [0.29, 0.717) is 0 Å². The monoisotopic (exact) mass is 405 g/mol. The van der Waals surface area contributed by atoms with Crippen molar-refractivity contribution < 1.29 is 9.18 Å². The van der Waals surface area contributed by atoms with E-state index < -0.39 is 0 Å². The van der Waals surface area contributed by atoms with Crippen molar-refractivity contribution in [3.8, 4) is 0 Å². The van der Waals surface area contributed by atoms with Crippen LogP contribution in [0, 0.1) is 5.82 Å². The summed E-state index contributed by atoms with van der Waals surface area (Å²) in [6.07, 6.45) is 0. The summed E-state index contributed by atoms with van der Waals surface area (Å²) in [5.41, 5.74) is 2.87. The second kappa shape index (κ2) is 8.49. The number of para-hydroxylation sites is 2. The number of benzene rings is 3. The number of amides is 1. The van der Waals surface area contributed by atoms with Gasteiger partial charge in [0.1, 0.15) is 17.7 Å². The fraction of sp³-hybridized carbons (Fsp3) is 0.130. The molecule has 29 heavy (non-hydrogen) atoms. The minimum atomic E-state index is -0.366. The largest absolute Gasteiger partial charge is 0.341 e. The molecule has 4 nitrogen and oxygen atoms in total. The number of fused-ring (bicyclic) bond motifs is 1. The highest BCUT2D eigenvalue weighted by Gasteiger charge is 2.22. The highest BCUT2D eigenvalue weighted by Crippen LogP contribution is 2.25. The number of hydrogen-bond donors (Lipinski definition) is 1. The van der Waals surface area contributed by atoms with Gasteiger partial charge in [-0.25, -0.2) is 9.37 Å². The molecule has 1 amide bonds. The molecular weight excluding hydrogens is 385 g/mol. The number of hydrogen-bond acceptors (Lipinski definition) is 3. The average molecular weight is 405 g/mol. The van der Waals surface area contributed by atoms with E-state index in [1.165, 1.54) is 23.9 Å². The first-order chi connectivity index (χ1) is 14.1. The van der Waals surface area contributed by atoms with E-state index in [4.69, 9.17) is 4.98 Å². The number of nitrogens with one attached hydrogen (secondary N) is 1. The highest BCUT2D eigenvalue weighted by molar-refractivity contribution is 8.00. The Morgan fingerprint density at radius 1 is 1.03 bits per heavy atom. The Hall–Kier alpha value is -3.12. The van der Waals surface area contributed by atoms with Crippen LogP contribution in [0.15, 0.2) is 83.8 Å². The molecule has 1 heterocycles. The molecule has 0 aliphatic carbocycles. The molecule has 0 bridgehead atoms. The summed E-state index contributed by atoms with van der Waals surface area (Å²) in [7, 11) is 1.96. The Labute approximate surface area is 172 Å². The van der Waals surface area contributed by atoms with Crippen LogP contribution in [0.5, 0.6) is 0 Å². The maximum Gasteiger partial charge on any atom is 0.231 e. The number of carbonyl (C=O) groups is 1. The molecule has 1 aromatic heterocycles. The molecule has 0 saturated carbocycles. The van der Waals surface area contributed by atoms with Crippen LogP contribution in [0.25, 0.3) is 11.0 Å². The van der Waals surface area contributed by atoms with Gasteiger partial charge in [0.25, 0.3) is 0 Å². The first-order valence-electron chi connectivity index (χ1n) is 9.26. The number of halogens is 1. The lowest BCUT2D eigenvalue weighted by Crippen LogP contribution is -2.32. The molecule has 4 rings (SSSR count). The Morgan fingerprint density at radius 3 is 2.45 bits per heavy atom. The lowest BCUT2D eigenvalue weighted by molar-refractivity contribution is -0.119. The molecule has 6 heteroatoms. The van der Waals surface area contributed by atoms with E-state index in [1.54, 1.807) is 12.1 Å². The van der Waals surface area contributed by atoms with Crippen molar-refractivity contribution in [2.24, 2.45) is 7.05 Å². The predicted octanol–water partition coefficient (Wildman–Crippen LogP) is 4.71. The van der Waals surface area contributed by atoms with Gasteiger partial charge < -0.3 is 9.88 Å². The standard InChI is InChI=1S/C23H20FN3OS/c1-27-20-10-6-5-9-19(20)25-23(27)22(16-7-3-2-4-8-16)26-21(28)15-29-18-13-11-17(24)12-14-18/h2-14,22H,15H2,1H3,(H,26,28). The number of thioether (sulfide) groups is 1. The third-order valence-corrected chi connectivity index (χ3v) is 5.71. The summed E-state index contributed by atoms with van der Waals surface area (Å²) in [5.74, 6) is 0.612. The molecule has 146 valence electrons. The van der Waals surface area contributed by atoms with Crippen molar-refractivity contribution in [3.63, 3.8) is 0 Å². The van der Waals surface area contributed by atoms with E-state index in [-0.39, 0.29) is 23.5 Å². The van der Waals surface area contributed by atoms with E-state index in [1.807, 2.05) is 66.2 Å². The average Bonchev–Trinajstić information content (AvgIpc) is 3.09. The number of nitrogens with zero attached hydrogens (tertiary/aromatic N) is 2. The van der Waals surface area contributed by atoms with Crippen LogP contribution in [-0.4, -0.2) is 21.2 Å². The third-order valence-electron chi connectivity index (χ3n) is 4.70.